The van der Waals surface area contributed by atoms with Crippen LogP contribution in [-0.2, 0) is 0 Å². The van der Waals surface area contributed by atoms with Crippen LogP contribution < -0.4 is 11.3 Å². The van der Waals surface area contributed by atoms with Crippen molar-refractivity contribution < 1.29 is 9.90 Å². The fraction of sp³-hybridized carbons (Fsp3) is 0. The number of primary amides is 1. The summed E-state index contributed by atoms with van der Waals surface area (Å²) < 4.78 is 1.16. The third-order valence-corrected chi connectivity index (χ3v) is 2.45. The molecule has 0 saturated heterocycles. The van der Waals surface area contributed by atoms with Crippen LogP contribution in [-0.4, -0.2) is 20.4 Å². The van der Waals surface area contributed by atoms with Gasteiger partial charge >= 0.3 is 0 Å². The molecule has 0 unspecified atom stereocenters. The van der Waals surface area contributed by atoms with Crippen molar-refractivity contribution >= 4 is 22.2 Å². The molecule has 2 heterocycles. The standard InChI is InChI=1S/C7H5N3O3S/c8-4(11)3-5(12)9-7-10(6(3)13)1-2-14-7/h1-2,12H,(H2,8,11). The lowest BCUT2D eigenvalue weighted by Gasteiger charge is -1.98. The van der Waals surface area contributed by atoms with Gasteiger partial charge in [0.1, 0.15) is 0 Å². The Balaban J connectivity index is 2.97. The number of rotatable bonds is 1. The maximum absolute atomic E-state index is 11.5. The molecule has 6 nitrogen and oxygen atoms in total. The lowest BCUT2D eigenvalue weighted by atomic mass is 10.3. The highest BCUT2D eigenvalue weighted by Crippen LogP contribution is 2.13. The van der Waals surface area contributed by atoms with Gasteiger partial charge in [0.25, 0.3) is 11.5 Å². The molecule has 2 aromatic rings. The van der Waals surface area contributed by atoms with Crippen molar-refractivity contribution in [2.75, 3.05) is 0 Å². The molecule has 0 radical (unpaired) electrons. The summed E-state index contributed by atoms with van der Waals surface area (Å²) in [6.07, 6.45) is 1.46. The van der Waals surface area contributed by atoms with Crippen LogP contribution >= 0.6 is 11.3 Å². The highest BCUT2D eigenvalue weighted by molar-refractivity contribution is 7.15. The number of amides is 1. The summed E-state index contributed by atoms with van der Waals surface area (Å²) in [7, 11) is 0. The van der Waals surface area contributed by atoms with Crippen molar-refractivity contribution in [2.45, 2.75) is 0 Å². The third kappa shape index (κ3) is 1.06. The third-order valence-electron chi connectivity index (χ3n) is 1.69. The zero-order chi connectivity index (χ0) is 10.3. The number of fused-ring (bicyclic) bond motifs is 1. The summed E-state index contributed by atoms with van der Waals surface area (Å²) in [5.74, 6) is -1.61. The molecule has 0 fully saturated rings. The quantitative estimate of drug-likeness (QED) is 0.668. The Morgan fingerprint density at radius 1 is 1.64 bits per heavy atom. The van der Waals surface area contributed by atoms with E-state index in [1.807, 2.05) is 0 Å². The van der Waals surface area contributed by atoms with Crippen molar-refractivity contribution in [2.24, 2.45) is 5.73 Å². The number of nitrogens with zero attached hydrogens (tertiary/aromatic N) is 2. The van der Waals surface area contributed by atoms with Crippen LogP contribution in [0.1, 0.15) is 10.4 Å². The molecule has 0 aromatic carbocycles. The second-order valence-corrected chi connectivity index (χ2v) is 3.41. The molecule has 0 aliphatic heterocycles. The maximum atomic E-state index is 11.5. The van der Waals surface area contributed by atoms with E-state index in [0.717, 1.165) is 4.40 Å². The number of aromatic hydroxyl groups is 1. The maximum Gasteiger partial charge on any atom is 0.275 e. The number of nitrogens with two attached hydrogens (primary N) is 1. The Hall–Kier alpha value is -1.89. The second-order valence-electron chi connectivity index (χ2n) is 2.54. The Morgan fingerprint density at radius 2 is 2.36 bits per heavy atom. The number of hydrogen-bond acceptors (Lipinski definition) is 5. The topological polar surface area (TPSA) is 97.7 Å². The van der Waals surface area contributed by atoms with Gasteiger partial charge in [0.2, 0.25) is 5.88 Å². The van der Waals surface area contributed by atoms with Gasteiger partial charge in [-0.05, 0) is 0 Å². The van der Waals surface area contributed by atoms with Crippen LogP contribution in [0.5, 0.6) is 5.88 Å². The lowest BCUT2D eigenvalue weighted by Crippen LogP contribution is -2.26. The summed E-state index contributed by atoms with van der Waals surface area (Å²) in [6, 6.07) is 0. The van der Waals surface area contributed by atoms with Crippen LogP contribution in [0.2, 0.25) is 0 Å². The van der Waals surface area contributed by atoms with Gasteiger partial charge in [-0.2, -0.15) is 4.98 Å². The van der Waals surface area contributed by atoms with E-state index in [4.69, 9.17) is 5.73 Å². The van der Waals surface area contributed by atoms with Gasteiger partial charge < -0.3 is 10.8 Å². The average Bonchev–Trinajstić information content (AvgIpc) is 2.50. The van der Waals surface area contributed by atoms with Crippen molar-refractivity contribution in [1.29, 1.82) is 0 Å². The lowest BCUT2D eigenvalue weighted by molar-refractivity contribution is 0.0995. The Labute approximate surface area is 81.2 Å². The molecule has 1 amide bonds. The largest absolute Gasteiger partial charge is 0.492 e. The molecule has 14 heavy (non-hydrogen) atoms. The smallest absolute Gasteiger partial charge is 0.275 e. The fourth-order valence-corrected chi connectivity index (χ4v) is 1.79. The van der Waals surface area contributed by atoms with Gasteiger partial charge in [0.05, 0.1) is 0 Å². The normalized spacial score (nSPS) is 10.6. The molecule has 72 valence electrons. The molecule has 0 saturated carbocycles. The van der Waals surface area contributed by atoms with E-state index in [2.05, 4.69) is 4.98 Å². The van der Waals surface area contributed by atoms with Crippen molar-refractivity contribution in [1.82, 2.24) is 9.38 Å². The monoisotopic (exact) mass is 211 g/mol. The number of aromatic nitrogens is 2. The molecular formula is C7H5N3O3S. The predicted molar refractivity (Wildman–Crippen MR) is 49.5 cm³/mol. The van der Waals surface area contributed by atoms with Gasteiger partial charge in [-0.1, -0.05) is 0 Å². The highest BCUT2D eigenvalue weighted by atomic mass is 32.1. The van der Waals surface area contributed by atoms with Crippen LogP contribution in [0, 0.1) is 0 Å². The summed E-state index contributed by atoms with van der Waals surface area (Å²) in [5, 5.41) is 10.9. The Kier molecular flexibility index (Phi) is 1.74. The zero-order valence-electron chi connectivity index (χ0n) is 6.80. The number of carbonyl (C=O) groups is 1. The second kappa shape index (κ2) is 2.81. The van der Waals surface area contributed by atoms with E-state index in [0.29, 0.717) is 4.96 Å². The van der Waals surface area contributed by atoms with Gasteiger partial charge in [-0.15, -0.1) is 11.3 Å². The van der Waals surface area contributed by atoms with E-state index in [1.54, 1.807) is 5.38 Å². The van der Waals surface area contributed by atoms with E-state index in [-0.39, 0.29) is 0 Å². The minimum atomic E-state index is -0.986. The molecule has 3 N–H and O–H groups in total. The first-order valence-corrected chi connectivity index (χ1v) is 4.48. The number of thiazole rings is 1. The molecule has 0 aliphatic rings. The van der Waals surface area contributed by atoms with Gasteiger partial charge in [0, 0.05) is 11.6 Å². The minimum absolute atomic E-state index is 0.317. The predicted octanol–water partition coefficient (Wildman–Crippen LogP) is -0.440. The highest BCUT2D eigenvalue weighted by Gasteiger charge is 2.17. The molecule has 0 spiro atoms. The number of hydrogen-bond donors (Lipinski definition) is 2. The van der Waals surface area contributed by atoms with E-state index >= 15 is 0 Å². The first kappa shape index (κ1) is 8.70. The summed E-state index contributed by atoms with van der Waals surface area (Å²) in [4.78, 5) is 26.3. The summed E-state index contributed by atoms with van der Waals surface area (Å²) in [6.45, 7) is 0. The van der Waals surface area contributed by atoms with Crippen molar-refractivity contribution in [3.63, 3.8) is 0 Å². The zero-order valence-corrected chi connectivity index (χ0v) is 7.61. The summed E-state index contributed by atoms with van der Waals surface area (Å²) >= 11 is 1.18. The van der Waals surface area contributed by atoms with Gasteiger partial charge in [0.15, 0.2) is 10.5 Å². The Bertz CT molecular complexity index is 571. The molecule has 0 bridgehead atoms. The molecule has 0 aliphatic carbocycles. The average molecular weight is 211 g/mol. The first-order valence-electron chi connectivity index (χ1n) is 3.60. The van der Waals surface area contributed by atoms with Crippen LogP contribution in [0.4, 0.5) is 0 Å². The van der Waals surface area contributed by atoms with Crippen molar-refractivity contribution in [3.05, 3.63) is 27.5 Å². The van der Waals surface area contributed by atoms with Gasteiger partial charge in [-0.3, -0.25) is 14.0 Å². The molecule has 2 rings (SSSR count). The van der Waals surface area contributed by atoms with Crippen LogP contribution in [0.25, 0.3) is 4.96 Å². The van der Waals surface area contributed by atoms with E-state index in [9.17, 15) is 14.7 Å². The first-order chi connectivity index (χ1) is 6.61. The molecule has 0 atom stereocenters. The van der Waals surface area contributed by atoms with Crippen LogP contribution in [0.15, 0.2) is 16.4 Å². The Morgan fingerprint density at radius 3 is 3.00 bits per heavy atom. The molecule has 2 aromatic heterocycles. The van der Waals surface area contributed by atoms with Crippen LogP contribution in [0.3, 0.4) is 0 Å². The molecule has 7 heteroatoms. The van der Waals surface area contributed by atoms with Crippen molar-refractivity contribution in [3.8, 4) is 5.88 Å². The minimum Gasteiger partial charge on any atom is -0.492 e. The van der Waals surface area contributed by atoms with Gasteiger partial charge in [-0.25, -0.2) is 0 Å². The van der Waals surface area contributed by atoms with E-state index in [1.165, 1.54) is 17.5 Å². The SMILES string of the molecule is NC(=O)c1c(O)nc2sccn2c1=O. The summed E-state index contributed by atoms with van der Waals surface area (Å²) in [5.41, 5.74) is 3.79. The fourth-order valence-electron chi connectivity index (χ4n) is 1.09. The number of carbonyl (C=O) groups excluding carboxylic acids is 1. The molecular weight excluding hydrogens is 206 g/mol. The van der Waals surface area contributed by atoms with E-state index < -0.39 is 22.9 Å².